The number of rotatable bonds is 6. The van der Waals surface area contributed by atoms with Gasteiger partial charge < -0.3 is 24.7 Å². The van der Waals surface area contributed by atoms with E-state index in [1.807, 2.05) is 11.0 Å². The van der Waals surface area contributed by atoms with E-state index in [2.05, 4.69) is 34.7 Å². The first kappa shape index (κ1) is 20.8. The first-order valence-corrected chi connectivity index (χ1v) is 10.5. The van der Waals surface area contributed by atoms with Gasteiger partial charge in [-0.3, -0.25) is 9.59 Å². The molecule has 7 nitrogen and oxygen atoms in total. The minimum absolute atomic E-state index is 0.0199. The summed E-state index contributed by atoms with van der Waals surface area (Å²) in [7, 11) is 3.06. The van der Waals surface area contributed by atoms with Gasteiger partial charge in [0.15, 0.2) is 18.1 Å². The zero-order chi connectivity index (χ0) is 21.8. The lowest BCUT2D eigenvalue weighted by Gasteiger charge is -2.32. The zero-order valence-corrected chi connectivity index (χ0v) is 17.8. The van der Waals surface area contributed by atoms with Crippen molar-refractivity contribution in [2.45, 2.75) is 18.8 Å². The lowest BCUT2D eigenvalue weighted by Crippen LogP contribution is -2.37. The van der Waals surface area contributed by atoms with Gasteiger partial charge in [0.1, 0.15) is 0 Å². The van der Waals surface area contributed by atoms with Crippen LogP contribution in [0.15, 0.2) is 48.7 Å². The molecule has 2 heterocycles. The molecule has 162 valence electrons. The van der Waals surface area contributed by atoms with Crippen molar-refractivity contribution in [3.63, 3.8) is 0 Å². The van der Waals surface area contributed by atoms with E-state index in [4.69, 9.17) is 9.47 Å². The number of nitrogens with zero attached hydrogens (tertiary/aromatic N) is 1. The molecular weight excluding hydrogens is 394 g/mol. The Morgan fingerprint density at radius 1 is 1.13 bits per heavy atom. The number of likely N-dealkylation sites (N-methyl/N-ethyl adjacent to an activating group) is 1. The maximum absolute atomic E-state index is 13.1. The molecule has 4 rings (SSSR count). The lowest BCUT2D eigenvalue weighted by molar-refractivity contribution is -0.122. The summed E-state index contributed by atoms with van der Waals surface area (Å²) in [5.41, 5.74) is 3.04. The topological polar surface area (TPSA) is 83.7 Å². The number of H-pyrrole nitrogens is 1. The number of hydrogen-bond acceptors (Lipinski definition) is 4. The number of aromatic nitrogens is 1. The molecule has 0 spiro atoms. The lowest BCUT2D eigenvalue weighted by atomic mass is 9.89. The highest BCUT2D eigenvalue weighted by Gasteiger charge is 2.26. The van der Waals surface area contributed by atoms with Gasteiger partial charge in [-0.15, -0.1) is 0 Å². The summed E-state index contributed by atoms with van der Waals surface area (Å²) in [6.45, 7) is 1.31. The Hall–Kier alpha value is -3.48. The van der Waals surface area contributed by atoms with Crippen LogP contribution < -0.4 is 14.8 Å². The number of carbonyl (C=O) groups is 2. The number of carbonyl (C=O) groups excluding carboxylic acids is 2. The smallest absolute Gasteiger partial charge is 0.257 e. The highest BCUT2D eigenvalue weighted by atomic mass is 16.5. The summed E-state index contributed by atoms with van der Waals surface area (Å²) in [4.78, 5) is 29.7. The molecular formula is C24H27N3O4. The van der Waals surface area contributed by atoms with Gasteiger partial charge in [0.05, 0.1) is 7.11 Å². The normalized spacial score (nSPS) is 14.5. The fraction of sp³-hybridized carbons (Fsp3) is 0.333. The Labute approximate surface area is 181 Å². The third kappa shape index (κ3) is 4.35. The number of benzene rings is 2. The summed E-state index contributed by atoms with van der Waals surface area (Å²) in [6, 6.07) is 13.4. The van der Waals surface area contributed by atoms with Crippen LogP contribution >= 0.6 is 0 Å². The molecule has 31 heavy (non-hydrogen) atoms. The molecule has 1 aliphatic rings. The maximum atomic E-state index is 13.1. The van der Waals surface area contributed by atoms with Crippen molar-refractivity contribution in [3.05, 3.63) is 59.8 Å². The SMILES string of the molecule is CNC(=O)COc1ccc(C(=O)N2CCC(c3c[nH]c4ccccc34)CC2)cc1OC. The van der Waals surface area contributed by atoms with Gasteiger partial charge in [-0.2, -0.15) is 0 Å². The van der Waals surface area contributed by atoms with Crippen molar-refractivity contribution in [2.24, 2.45) is 0 Å². The van der Waals surface area contributed by atoms with Crippen LogP contribution in [-0.4, -0.2) is 55.6 Å². The zero-order valence-electron chi connectivity index (χ0n) is 17.8. The fourth-order valence-corrected chi connectivity index (χ4v) is 4.14. The fourth-order valence-electron chi connectivity index (χ4n) is 4.14. The van der Waals surface area contributed by atoms with Gasteiger partial charge in [0.25, 0.3) is 11.8 Å². The highest BCUT2D eigenvalue weighted by molar-refractivity contribution is 5.95. The van der Waals surface area contributed by atoms with E-state index in [0.29, 0.717) is 36.1 Å². The number of para-hydroxylation sites is 1. The van der Waals surface area contributed by atoms with Crippen LogP contribution in [0.1, 0.15) is 34.7 Å². The van der Waals surface area contributed by atoms with Crippen molar-refractivity contribution in [1.29, 1.82) is 0 Å². The molecule has 0 aliphatic carbocycles. The Kier molecular flexibility index (Phi) is 6.11. The summed E-state index contributed by atoms with van der Waals surface area (Å²) in [6.07, 6.45) is 3.96. The second kappa shape index (κ2) is 9.12. The number of likely N-dealkylation sites (tertiary alicyclic amines) is 1. The minimum atomic E-state index is -0.236. The number of piperidine rings is 1. The molecule has 1 fully saturated rings. The van der Waals surface area contributed by atoms with Gasteiger partial charge in [-0.1, -0.05) is 18.2 Å². The van der Waals surface area contributed by atoms with Gasteiger partial charge in [-0.25, -0.2) is 0 Å². The van der Waals surface area contributed by atoms with E-state index >= 15 is 0 Å². The van der Waals surface area contributed by atoms with Gasteiger partial charge in [0.2, 0.25) is 0 Å². The number of hydrogen-bond donors (Lipinski definition) is 2. The van der Waals surface area contributed by atoms with E-state index in [0.717, 1.165) is 18.4 Å². The molecule has 7 heteroatoms. The molecule has 1 saturated heterocycles. The Morgan fingerprint density at radius 3 is 2.65 bits per heavy atom. The quantitative estimate of drug-likeness (QED) is 0.640. The second-order valence-corrected chi connectivity index (χ2v) is 7.68. The van der Waals surface area contributed by atoms with Crippen LogP contribution in [0.3, 0.4) is 0 Å². The Bertz CT molecular complexity index is 1080. The summed E-state index contributed by atoms with van der Waals surface area (Å²) >= 11 is 0. The highest BCUT2D eigenvalue weighted by Crippen LogP contribution is 2.34. The van der Waals surface area contributed by atoms with Crippen LogP contribution in [0.5, 0.6) is 11.5 Å². The minimum Gasteiger partial charge on any atom is -0.493 e. The number of nitrogens with one attached hydrogen (secondary N) is 2. The second-order valence-electron chi connectivity index (χ2n) is 7.68. The van der Waals surface area contributed by atoms with Crippen LogP contribution in [0.25, 0.3) is 10.9 Å². The number of methoxy groups -OCH3 is 1. The Balaban J connectivity index is 1.42. The molecule has 2 N–H and O–H groups in total. The predicted octanol–water partition coefficient (Wildman–Crippen LogP) is 3.32. The van der Waals surface area contributed by atoms with E-state index in [-0.39, 0.29) is 18.4 Å². The molecule has 0 saturated carbocycles. The number of fused-ring (bicyclic) bond motifs is 1. The van der Waals surface area contributed by atoms with Crippen molar-refractivity contribution in [2.75, 3.05) is 33.9 Å². The van der Waals surface area contributed by atoms with Crippen LogP contribution in [0.4, 0.5) is 0 Å². The first-order chi connectivity index (χ1) is 15.1. The number of amides is 2. The first-order valence-electron chi connectivity index (χ1n) is 10.5. The molecule has 0 atom stereocenters. The molecule has 2 aromatic carbocycles. The third-order valence-corrected chi connectivity index (χ3v) is 5.89. The molecule has 0 radical (unpaired) electrons. The van der Waals surface area contributed by atoms with Crippen LogP contribution in [0, 0.1) is 0 Å². The molecule has 0 unspecified atom stereocenters. The molecule has 2 amide bonds. The predicted molar refractivity (Wildman–Crippen MR) is 119 cm³/mol. The van der Waals surface area contributed by atoms with Crippen molar-refractivity contribution < 1.29 is 19.1 Å². The molecule has 1 aliphatic heterocycles. The van der Waals surface area contributed by atoms with Crippen LogP contribution in [0.2, 0.25) is 0 Å². The van der Waals surface area contributed by atoms with E-state index in [1.54, 1.807) is 25.2 Å². The van der Waals surface area contributed by atoms with Crippen LogP contribution in [-0.2, 0) is 4.79 Å². The van der Waals surface area contributed by atoms with Gasteiger partial charge >= 0.3 is 0 Å². The van der Waals surface area contributed by atoms with Gasteiger partial charge in [0, 0.05) is 42.8 Å². The third-order valence-electron chi connectivity index (χ3n) is 5.89. The molecule has 1 aromatic heterocycles. The van der Waals surface area contributed by atoms with Crippen molar-refractivity contribution in [1.82, 2.24) is 15.2 Å². The largest absolute Gasteiger partial charge is 0.493 e. The van der Waals surface area contributed by atoms with E-state index in [1.165, 1.54) is 18.1 Å². The summed E-state index contributed by atoms with van der Waals surface area (Å²) in [5.74, 6) is 1.05. The van der Waals surface area contributed by atoms with E-state index < -0.39 is 0 Å². The van der Waals surface area contributed by atoms with Crippen molar-refractivity contribution in [3.8, 4) is 11.5 Å². The van der Waals surface area contributed by atoms with E-state index in [9.17, 15) is 9.59 Å². The average Bonchev–Trinajstić information content (AvgIpc) is 3.26. The number of ether oxygens (including phenoxy) is 2. The van der Waals surface area contributed by atoms with Gasteiger partial charge in [-0.05, 0) is 48.6 Å². The molecule has 3 aromatic rings. The monoisotopic (exact) mass is 421 g/mol. The Morgan fingerprint density at radius 2 is 1.90 bits per heavy atom. The maximum Gasteiger partial charge on any atom is 0.257 e. The summed E-state index contributed by atoms with van der Waals surface area (Å²) < 4.78 is 10.9. The number of aromatic amines is 1. The molecule has 0 bridgehead atoms. The summed E-state index contributed by atoms with van der Waals surface area (Å²) in [5, 5.41) is 3.77. The average molecular weight is 421 g/mol. The standard InChI is InChI=1S/C24H27N3O4/c1-25-23(28)15-31-21-8-7-17(13-22(21)30-2)24(29)27-11-9-16(10-12-27)19-14-26-20-6-4-3-5-18(19)20/h3-8,13-14,16,26H,9-12,15H2,1-2H3,(H,25,28). The van der Waals surface area contributed by atoms with Crippen molar-refractivity contribution >= 4 is 22.7 Å².